The van der Waals surface area contributed by atoms with Crippen LogP contribution in [0.5, 0.6) is 0 Å². The fraction of sp³-hybridized carbons (Fsp3) is 0.235. The van der Waals surface area contributed by atoms with E-state index in [0.717, 1.165) is 12.1 Å². The quantitative estimate of drug-likeness (QED) is 0.893. The van der Waals surface area contributed by atoms with Crippen molar-refractivity contribution in [2.24, 2.45) is 11.7 Å². The van der Waals surface area contributed by atoms with Crippen molar-refractivity contribution in [1.29, 1.82) is 0 Å². The Kier molecular flexibility index (Phi) is 3.52. The summed E-state index contributed by atoms with van der Waals surface area (Å²) in [7, 11) is 0. The van der Waals surface area contributed by atoms with Gasteiger partial charge in [-0.25, -0.2) is 0 Å². The lowest BCUT2D eigenvalue weighted by molar-refractivity contribution is 0.102. The highest BCUT2D eigenvalue weighted by atomic mass is 16.1. The van der Waals surface area contributed by atoms with E-state index in [2.05, 4.69) is 11.4 Å². The van der Waals surface area contributed by atoms with Crippen molar-refractivity contribution in [3.05, 3.63) is 65.7 Å². The number of hydrogen-bond donors (Lipinski definition) is 2. The predicted molar refractivity (Wildman–Crippen MR) is 80.7 cm³/mol. The summed E-state index contributed by atoms with van der Waals surface area (Å²) in [6, 6.07) is 17.3. The number of hydrogen-bond acceptors (Lipinski definition) is 2. The van der Waals surface area contributed by atoms with Crippen LogP contribution in [-0.4, -0.2) is 12.5 Å². The third kappa shape index (κ3) is 2.58. The monoisotopic (exact) mass is 266 g/mol. The minimum absolute atomic E-state index is 0.0667. The number of nitrogens with two attached hydrogens (primary N) is 1. The van der Waals surface area contributed by atoms with Crippen LogP contribution >= 0.6 is 0 Å². The Balaban J connectivity index is 1.80. The number of rotatable bonds is 4. The van der Waals surface area contributed by atoms with Crippen molar-refractivity contribution in [1.82, 2.24) is 0 Å². The maximum absolute atomic E-state index is 12.2. The Morgan fingerprint density at radius 1 is 1.10 bits per heavy atom. The first-order valence-corrected chi connectivity index (χ1v) is 6.95. The van der Waals surface area contributed by atoms with Gasteiger partial charge in [-0.2, -0.15) is 0 Å². The first-order valence-electron chi connectivity index (χ1n) is 6.95. The van der Waals surface area contributed by atoms with Gasteiger partial charge in [0.2, 0.25) is 0 Å². The number of carbonyl (C=O) groups is 1. The van der Waals surface area contributed by atoms with E-state index in [9.17, 15) is 4.79 Å². The molecular formula is C17H18N2O. The van der Waals surface area contributed by atoms with E-state index in [4.69, 9.17) is 5.73 Å². The zero-order valence-corrected chi connectivity index (χ0v) is 11.3. The van der Waals surface area contributed by atoms with Crippen molar-refractivity contribution in [3.8, 4) is 0 Å². The van der Waals surface area contributed by atoms with Crippen molar-refractivity contribution < 1.29 is 4.79 Å². The van der Waals surface area contributed by atoms with Crippen molar-refractivity contribution in [2.45, 2.75) is 12.3 Å². The summed E-state index contributed by atoms with van der Waals surface area (Å²) in [5.41, 5.74) is 8.50. The normalized spacial score (nSPS) is 20.4. The molecule has 3 heteroatoms. The highest BCUT2D eigenvalue weighted by Gasteiger charge is 2.38. The topological polar surface area (TPSA) is 55.1 Å². The van der Waals surface area contributed by atoms with Crippen molar-refractivity contribution >= 4 is 11.6 Å². The summed E-state index contributed by atoms with van der Waals surface area (Å²) >= 11 is 0. The molecule has 1 fully saturated rings. The third-order valence-electron chi connectivity index (χ3n) is 3.87. The molecule has 2 aromatic rings. The molecule has 20 heavy (non-hydrogen) atoms. The van der Waals surface area contributed by atoms with Gasteiger partial charge in [0, 0.05) is 11.3 Å². The summed E-state index contributed by atoms with van der Waals surface area (Å²) in [4.78, 5) is 12.2. The van der Waals surface area contributed by atoms with Gasteiger partial charge in [-0.1, -0.05) is 36.4 Å². The van der Waals surface area contributed by atoms with E-state index in [1.165, 1.54) is 5.56 Å². The maximum atomic E-state index is 12.2. The molecule has 2 unspecified atom stereocenters. The van der Waals surface area contributed by atoms with Crippen LogP contribution in [0, 0.1) is 5.92 Å². The van der Waals surface area contributed by atoms with Crippen LogP contribution in [0.25, 0.3) is 0 Å². The molecule has 3 nitrogen and oxygen atoms in total. The molecule has 1 amide bonds. The summed E-state index contributed by atoms with van der Waals surface area (Å²) in [5, 5.41) is 3.01. The van der Waals surface area contributed by atoms with Crippen molar-refractivity contribution in [2.75, 3.05) is 11.9 Å². The Labute approximate surface area is 118 Å². The van der Waals surface area contributed by atoms with Crippen LogP contribution in [0.15, 0.2) is 54.6 Å². The van der Waals surface area contributed by atoms with Gasteiger partial charge in [0.05, 0.1) is 0 Å². The summed E-state index contributed by atoms with van der Waals surface area (Å²) in [6.07, 6.45) is 1.12. The van der Waals surface area contributed by atoms with Crippen LogP contribution in [0.1, 0.15) is 28.3 Å². The van der Waals surface area contributed by atoms with E-state index >= 15 is 0 Å². The molecule has 1 saturated carbocycles. The highest BCUT2D eigenvalue weighted by molar-refractivity contribution is 6.04. The van der Waals surface area contributed by atoms with Crippen LogP contribution < -0.4 is 11.1 Å². The van der Waals surface area contributed by atoms with Crippen LogP contribution in [0.3, 0.4) is 0 Å². The van der Waals surface area contributed by atoms with E-state index < -0.39 is 0 Å². The maximum Gasteiger partial charge on any atom is 0.255 e. The lowest BCUT2D eigenvalue weighted by Crippen LogP contribution is -2.13. The van der Waals surface area contributed by atoms with E-state index in [1.54, 1.807) is 0 Å². The summed E-state index contributed by atoms with van der Waals surface area (Å²) in [6.45, 7) is 0.714. The van der Waals surface area contributed by atoms with E-state index in [-0.39, 0.29) is 5.91 Å². The molecule has 1 aliphatic carbocycles. The van der Waals surface area contributed by atoms with Gasteiger partial charge in [-0.15, -0.1) is 0 Å². The van der Waals surface area contributed by atoms with Crippen LogP contribution in [0.2, 0.25) is 0 Å². The number of para-hydroxylation sites is 1. The molecule has 2 aromatic carbocycles. The lowest BCUT2D eigenvalue weighted by atomic mass is 10.1. The molecule has 0 bridgehead atoms. The summed E-state index contributed by atoms with van der Waals surface area (Å²) < 4.78 is 0. The second-order valence-corrected chi connectivity index (χ2v) is 5.25. The molecular weight excluding hydrogens is 248 g/mol. The predicted octanol–water partition coefficient (Wildman–Crippen LogP) is 3.00. The van der Waals surface area contributed by atoms with Crippen LogP contribution in [-0.2, 0) is 0 Å². The molecule has 3 N–H and O–H groups in total. The van der Waals surface area contributed by atoms with Gasteiger partial charge < -0.3 is 11.1 Å². The average molecular weight is 266 g/mol. The average Bonchev–Trinajstić information content (AvgIpc) is 3.28. The molecule has 0 saturated heterocycles. The molecule has 0 aliphatic heterocycles. The number of amides is 1. The van der Waals surface area contributed by atoms with Gasteiger partial charge in [0.25, 0.3) is 5.91 Å². The molecule has 0 spiro atoms. The number of anilines is 1. The van der Waals surface area contributed by atoms with Gasteiger partial charge in [-0.3, -0.25) is 4.79 Å². The zero-order valence-electron chi connectivity index (χ0n) is 11.3. The fourth-order valence-corrected chi connectivity index (χ4v) is 2.61. The van der Waals surface area contributed by atoms with Gasteiger partial charge >= 0.3 is 0 Å². The first kappa shape index (κ1) is 12.9. The molecule has 3 rings (SSSR count). The van der Waals surface area contributed by atoms with E-state index in [0.29, 0.717) is 23.9 Å². The molecule has 0 heterocycles. The molecule has 1 aliphatic rings. The number of benzene rings is 2. The smallest absolute Gasteiger partial charge is 0.255 e. The van der Waals surface area contributed by atoms with Crippen LogP contribution in [0.4, 0.5) is 5.69 Å². The second-order valence-electron chi connectivity index (χ2n) is 5.25. The molecule has 0 radical (unpaired) electrons. The Morgan fingerprint density at radius 3 is 2.50 bits per heavy atom. The van der Waals surface area contributed by atoms with Gasteiger partial charge in [-0.05, 0) is 48.6 Å². The van der Waals surface area contributed by atoms with Crippen molar-refractivity contribution in [3.63, 3.8) is 0 Å². The minimum Gasteiger partial charge on any atom is -0.330 e. The Hall–Kier alpha value is -2.13. The minimum atomic E-state index is -0.0667. The second kappa shape index (κ2) is 5.47. The first-order chi connectivity index (χ1) is 9.79. The SMILES string of the molecule is NCC1CC1c1ccccc1NC(=O)c1ccccc1. The number of nitrogens with one attached hydrogen (secondary N) is 1. The zero-order chi connectivity index (χ0) is 13.9. The van der Waals surface area contributed by atoms with E-state index in [1.807, 2.05) is 48.5 Å². The molecule has 2 atom stereocenters. The standard InChI is InChI=1S/C17H18N2O/c18-11-13-10-15(13)14-8-4-5-9-16(14)19-17(20)12-6-2-1-3-7-12/h1-9,13,15H,10-11,18H2,(H,19,20). The third-order valence-corrected chi connectivity index (χ3v) is 3.87. The Morgan fingerprint density at radius 2 is 1.80 bits per heavy atom. The van der Waals surface area contributed by atoms with Gasteiger partial charge in [0.1, 0.15) is 0 Å². The number of carbonyl (C=O) groups excluding carboxylic acids is 1. The van der Waals surface area contributed by atoms with Gasteiger partial charge in [0.15, 0.2) is 0 Å². The molecule has 102 valence electrons. The molecule has 0 aromatic heterocycles. The fourth-order valence-electron chi connectivity index (χ4n) is 2.61. The Bertz CT molecular complexity index is 609. The lowest BCUT2D eigenvalue weighted by Gasteiger charge is -2.11. The largest absolute Gasteiger partial charge is 0.330 e. The summed E-state index contributed by atoms with van der Waals surface area (Å²) in [5.74, 6) is 0.986. The highest BCUT2D eigenvalue weighted by Crippen LogP contribution is 2.49.